The minimum Gasteiger partial charge on any atom is -0.493 e. The van der Waals surface area contributed by atoms with Crippen LogP contribution in [0, 0.1) is 6.92 Å². The Bertz CT molecular complexity index is 751. The van der Waals surface area contributed by atoms with Gasteiger partial charge in [-0.25, -0.2) is 0 Å². The molecule has 0 aliphatic carbocycles. The summed E-state index contributed by atoms with van der Waals surface area (Å²) < 4.78 is 12.9. The lowest BCUT2D eigenvalue weighted by atomic mass is 10.2. The average Bonchev–Trinajstić information content (AvgIpc) is 3.02. The number of ether oxygens (including phenoxy) is 2. The van der Waals surface area contributed by atoms with Crippen molar-refractivity contribution in [1.29, 1.82) is 0 Å². The van der Waals surface area contributed by atoms with Gasteiger partial charge in [0.25, 0.3) is 0 Å². The molecule has 140 valence electrons. The summed E-state index contributed by atoms with van der Waals surface area (Å²) in [6, 6.07) is 5.59. The topological polar surface area (TPSA) is 65.4 Å². The summed E-state index contributed by atoms with van der Waals surface area (Å²) in [5, 5.41) is 7.09. The summed E-state index contributed by atoms with van der Waals surface area (Å²) in [5.74, 6) is 1.22. The molecule has 0 unspecified atom stereocenters. The van der Waals surface area contributed by atoms with Gasteiger partial charge in [0.2, 0.25) is 5.91 Å². The maximum Gasteiger partial charge on any atom is 0.244 e. The zero-order valence-corrected chi connectivity index (χ0v) is 15.9. The first-order valence-electron chi connectivity index (χ1n) is 8.77. The number of methoxy groups -OCH3 is 1. The molecule has 2 aromatic rings. The molecule has 26 heavy (non-hydrogen) atoms. The highest BCUT2D eigenvalue weighted by atomic mass is 16.5. The number of carbonyl (C=O) groups is 1. The van der Waals surface area contributed by atoms with E-state index in [1.807, 2.05) is 56.0 Å². The molecular formula is C20H27N3O3. The molecule has 1 amide bonds. The maximum absolute atomic E-state index is 11.9. The number of hydrogen-bond acceptors (Lipinski definition) is 4. The molecule has 0 spiro atoms. The second kappa shape index (κ2) is 9.65. The third-order valence-electron chi connectivity index (χ3n) is 3.60. The van der Waals surface area contributed by atoms with Crippen molar-refractivity contribution in [3.05, 3.63) is 47.8 Å². The molecular weight excluding hydrogens is 330 g/mol. The fourth-order valence-electron chi connectivity index (χ4n) is 2.41. The van der Waals surface area contributed by atoms with Crippen LogP contribution in [-0.4, -0.2) is 35.4 Å². The molecule has 1 N–H and O–H groups in total. The van der Waals surface area contributed by atoms with Crippen molar-refractivity contribution in [2.45, 2.75) is 39.8 Å². The highest BCUT2D eigenvalue weighted by Crippen LogP contribution is 2.29. The Morgan fingerprint density at radius 2 is 2.15 bits per heavy atom. The summed E-state index contributed by atoms with van der Waals surface area (Å²) in [6.45, 7) is 7.32. The number of amides is 1. The van der Waals surface area contributed by atoms with E-state index in [1.54, 1.807) is 13.2 Å². The van der Waals surface area contributed by atoms with Crippen LogP contribution in [0.5, 0.6) is 11.5 Å². The van der Waals surface area contributed by atoms with Gasteiger partial charge >= 0.3 is 0 Å². The zero-order valence-electron chi connectivity index (χ0n) is 15.9. The largest absolute Gasteiger partial charge is 0.493 e. The molecule has 0 bridgehead atoms. The quantitative estimate of drug-likeness (QED) is 0.553. The van der Waals surface area contributed by atoms with Crippen LogP contribution in [0.3, 0.4) is 0 Å². The highest BCUT2D eigenvalue weighted by Gasteiger charge is 2.06. The van der Waals surface area contributed by atoms with E-state index < -0.39 is 0 Å². The summed E-state index contributed by atoms with van der Waals surface area (Å²) in [5.41, 5.74) is 2.01. The van der Waals surface area contributed by atoms with E-state index in [1.165, 1.54) is 6.08 Å². The van der Waals surface area contributed by atoms with E-state index in [2.05, 4.69) is 10.4 Å². The number of aromatic nitrogens is 2. The molecule has 0 fully saturated rings. The Morgan fingerprint density at radius 1 is 1.35 bits per heavy atom. The molecule has 0 saturated carbocycles. The zero-order chi connectivity index (χ0) is 18.9. The van der Waals surface area contributed by atoms with E-state index in [4.69, 9.17) is 9.47 Å². The lowest BCUT2D eigenvalue weighted by molar-refractivity contribution is -0.116. The first kappa shape index (κ1) is 19.6. The number of nitrogens with one attached hydrogen (secondary N) is 1. The maximum atomic E-state index is 11.9. The minimum absolute atomic E-state index is 0.0710. The Kier molecular flexibility index (Phi) is 7.26. The van der Waals surface area contributed by atoms with E-state index in [9.17, 15) is 4.79 Å². The summed E-state index contributed by atoms with van der Waals surface area (Å²) in [4.78, 5) is 11.9. The highest BCUT2D eigenvalue weighted by molar-refractivity contribution is 5.91. The number of carbonyl (C=O) groups excluding carboxylic acids is 1. The number of aryl methyl sites for hydroxylation is 2. The standard InChI is InChI=1S/C20H27N3O3/c1-15(2)26-18-8-6-17(12-19(18)25-4)7-9-20(24)21-10-5-11-23-14-16(3)13-22-23/h6-9,12-15H,5,10-11H2,1-4H3,(H,21,24)/b9-7+. The molecule has 0 aliphatic heterocycles. The van der Waals surface area contributed by atoms with Gasteiger partial charge in [-0.05, 0) is 56.5 Å². The Labute approximate surface area is 154 Å². The summed E-state index contributed by atoms with van der Waals surface area (Å²) >= 11 is 0. The van der Waals surface area contributed by atoms with Gasteiger partial charge in [-0.3, -0.25) is 9.48 Å². The van der Waals surface area contributed by atoms with Crippen molar-refractivity contribution in [1.82, 2.24) is 15.1 Å². The van der Waals surface area contributed by atoms with Crippen molar-refractivity contribution in [3.63, 3.8) is 0 Å². The lowest BCUT2D eigenvalue weighted by Crippen LogP contribution is -2.23. The molecule has 0 aliphatic rings. The van der Waals surface area contributed by atoms with E-state index >= 15 is 0 Å². The van der Waals surface area contributed by atoms with Crippen molar-refractivity contribution in [2.75, 3.05) is 13.7 Å². The monoisotopic (exact) mass is 357 g/mol. The summed E-state index contributed by atoms with van der Waals surface area (Å²) in [7, 11) is 1.60. The van der Waals surface area contributed by atoms with Gasteiger partial charge in [-0.2, -0.15) is 5.10 Å². The first-order valence-corrected chi connectivity index (χ1v) is 8.77. The van der Waals surface area contributed by atoms with Crippen LogP contribution in [0.25, 0.3) is 6.08 Å². The molecule has 1 aromatic carbocycles. The van der Waals surface area contributed by atoms with Crippen LogP contribution >= 0.6 is 0 Å². The third-order valence-corrected chi connectivity index (χ3v) is 3.60. The molecule has 1 heterocycles. The molecule has 2 rings (SSSR count). The van der Waals surface area contributed by atoms with Crippen LogP contribution in [0.2, 0.25) is 0 Å². The van der Waals surface area contributed by atoms with E-state index in [0.717, 1.165) is 24.1 Å². The molecule has 0 saturated heterocycles. The van der Waals surface area contributed by atoms with Crippen LogP contribution < -0.4 is 14.8 Å². The Morgan fingerprint density at radius 3 is 2.81 bits per heavy atom. The third kappa shape index (κ3) is 6.27. The predicted octanol–water partition coefficient (Wildman–Crippen LogP) is 3.21. The summed E-state index contributed by atoms with van der Waals surface area (Å²) in [6.07, 6.45) is 8.00. The van der Waals surface area contributed by atoms with Crippen molar-refractivity contribution in [2.24, 2.45) is 0 Å². The SMILES string of the molecule is COc1cc(/C=C/C(=O)NCCCn2cc(C)cn2)ccc1OC(C)C. The van der Waals surface area contributed by atoms with Crippen molar-refractivity contribution >= 4 is 12.0 Å². The van der Waals surface area contributed by atoms with Gasteiger partial charge < -0.3 is 14.8 Å². The molecule has 0 atom stereocenters. The van der Waals surface area contributed by atoms with Crippen molar-refractivity contribution in [3.8, 4) is 11.5 Å². The van der Waals surface area contributed by atoms with Gasteiger partial charge in [-0.1, -0.05) is 6.07 Å². The van der Waals surface area contributed by atoms with Gasteiger partial charge in [0.05, 0.1) is 19.4 Å². The Balaban J connectivity index is 1.81. The Hall–Kier alpha value is -2.76. The van der Waals surface area contributed by atoms with Gasteiger partial charge in [-0.15, -0.1) is 0 Å². The van der Waals surface area contributed by atoms with Gasteiger partial charge in [0.15, 0.2) is 11.5 Å². The smallest absolute Gasteiger partial charge is 0.244 e. The second-order valence-corrected chi connectivity index (χ2v) is 6.34. The van der Waals surface area contributed by atoms with Crippen LogP contribution in [-0.2, 0) is 11.3 Å². The lowest BCUT2D eigenvalue weighted by Gasteiger charge is -2.13. The fourth-order valence-corrected chi connectivity index (χ4v) is 2.41. The average molecular weight is 357 g/mol. The number of hydrogen-bond donors (Lipinski definition) is 1. The number of rotatable bonds is 9. The minimum atomic E-state index is -0.122. The molecule has 6 heteroatoms. The normalized spacial score (nSPS) is 11.1. The number of benzene rings is 1. The second-order valence-electron chi connectivity index (χ2n) is 6.34. The van der Waals surface area contributed by atoms with Crippen LogP contribution in [0.15, 0.2) is 36.7 Å². The van der Waals surface area contributed by atoms with Crippen molar-refractivity contribution < 1.29 is 14.3 Å². The number of nitrogens with zero attached hydrogens (tertiary/aromatic N) is 2. The van der Waals surface area contributed by atoms with E-state index in [0.29, 0.717) is 18.0 Å². The van der Waals surface area contributed by atoms with E-state index in [-0.39, 0.29) is 12.0 Å². The van der Waals surface area contributed by atoms with Gasteiger partial charge in [0, 0.05) is 25.4 Å². The van der Waals surface area contributed by atoms with Crippen LogP contribution in [0.1, 0.15) is 31.4 Å². The molecule has 1 aromatic heterocycles. The van der Waals surface area contributed by atoms with Gasteiger partial charge in [0.1, 0.15) is 0 Å². The first-order chi connectivity index (χ1) is 12.5. The van der Waals surface area contributed by atoms with Crippen LogP contribution in [0.4, 0.5) is 0 Å². The molecule has 0 radical (unpaired) electrons. The molecule has 6 nitrogen and oxygen atoms in total. The fraction of sp³-hybridized carbons (Fsp3) is 0.400. The predicted molar refractivity (Wildman–Crippen MR) is 102 cm³/mol.